The molecule has 1 atom stereocenters. The highest BCUT2D eigenvalue weighted by atomic mass is 19.1. The van der Waals surface area contributed by atoms with Gasteiger partial charge >= 0.3 is 6.03 Å². The summed E-state index contributed by atoms with van der Waals surface area (Å²) in [6.07, 6.45) is -0.502. The van der Waals surface area contributed by atoms with E-state index in [1.807, 2.05) is 36.4 Å². The van der Waals surface area contributed by atoms with E-state index in [9.17, 15) is 13.6 Å². The summed E-state index contributed by atoms with van der Waals surface area (Å²) >= 11 is 0. The Bertz CT molecular complexity index is 834. The number of hydrogen-bond acceptors (Lipinski definition) is 4. The van der Waals surface area contributed by atoms with Gasteiger partial charge in [0.2, 0.25) is 0 Å². The zero-order valence-corrected chi connectivity index (χ0v) is 17.0. The van der Waals surface area contributed by atoms with Crippen LogP contribution in [0.3, 0.4) is 0 Å². The van der Waals surface area contributed by atoms with Crippen LogP contribution in [-0.4, -0.2) is 63.2 Å². The number of ether oxygens (including phenoxy) is 2. The Kier molecular flexibility index (Phi) is 7.32. The Morgan fingerprint density at radius 1 is 1.13 bits per heavy atom. The predicted molar refractivity (Wildman–Crippen MR) is 112 cm³/mol. The van der Waals surface area contributed by atoms with E-state index in [4.69, 9.17) is 15.2 Å². The number of carbonyl (C=O) groups is 1. The van der Waals surface area contributed by atoms with Gasteiger partial charge in [-0.25, -0.2) is 13.6 Å². The first-order valence-electron chi connectivity index (χ1n) is 9.87. The molecule has 1 fully saturated rings. The van der Waals surface area contributed by atoms with Crippen LogP contribution in [-0.2, 0) is 6.42 Å². The van der Waals surface area contributed by atoms with E-state index in [1.165, 1.54) is 7.11 Å². The molecule has 0 aliphatic carbocycles. The monoisotopic (exact) mass is 419 g/mol. The minimum Gasteiger partial charge on any atom is -0.493 e. The molecule has 1 heterocycles. The third kappa shape index (κ3) is 5.11. The maximum Gasteiger partial charge on any atom is 0.315 e. The van der Waals surface area contributed by atoms with E-state index in [0.29, 0.717) is 31.8 Å². The number of carbonyl (C=O) groups excluding carboxylic acids is 1. The van der Waals surface area contributed by atoms with E-state index in [-0.39, 0.29) is 11.8 Å². The highest BCUT2D eigenvalue weighted by Gasteiger charge is 2.30. The Hall–Kier alpha value is -3.03. The van der Waals surface area contributed by atoms with Gasteiger partial charge in [-0.1, -0.05) is 30.3 Å². The number of rotatable bonds is 8. The SMILES string of the molecule is COc1ccc(N2CCN(C(N)=O)[C@@H](Cc3ccccc3)C2)cc1OC(CF)CF. The lowest BCUT2D eigenvalue weighted by Crippen LogP contribution is -2.57. The van der Waals surface area contributed by atoms with Crippen molar-refractivity contribution in [3.8, 4) is 11.5 Å². The number of hydrogen-bond donors (Lipinski definition) is 1. The number of anilines is 1. The standard InChI is InChI=1S/C22H27F2N3O3/c1-29-20-8-7-17(12-21(20)30-19(13-23)14-24)26-9-10-27(22(25)28)18(15-26)11-16-5-3-2-4-6-16/h2-8,12,18-19H,9-11,13-15H2,1H3,(H2,25,28)/t18-/m0/s1. The van der Waals surface area contributed by atoms with Crippen LogP contribution in [0.15, 0.2) is 48.5 Å². The summed E-state index contributed by atoms with van der Waals surface area (Å²) in [4.78, 5) is 15.7. The van der Waals surface area contributed by atoms with Crippen LogP contribution in [0.5, 0.6) is 11.5 Å². The molecule has 0 saturated carbocycles. The molecule has 2 N–H and O–H groups in total. The van der Waals surface area contributed by atoms with Crippen LogP contribution in [0.2, 0.25) is 0 Å². The maximum atomic E-state index is 12.9. The quantitative estimate of drug-likeness (QED) is 0.714. The molecule has 0 radical (unpaired) electrons. The molecule has 0 unspecified atom stereocenters. The van der Waals surface area contributed by atoms with Crippen molar-refractivity contribution in [1.82, 2.24) is 4.90 Å². The second kappa shape index (κ2) is 10.1. The Morgan fingerprint density at radius 2 is 1.87 bits per heavy atom. The van der Waals surface area contributed by atoms with E-state index in [2.05, 4.69) is 4.90 Å². The van der Waals surface area contributed by atoms with Crippen LogP contribution in [0.1, 0.15) is 5.56 Å². The molecule has 2 amide bonds. The van der Waals surface area contributed by atoms with Crippen molar-refractivity contribution in [2.45, 2.75) is 18.6 Å². The van der Waals surface area contributed by atoms with Gasteiger partial charge < -0.3 is 25.0 Å². The number of primary amides is 1. The summed E-state index contributed by atoms with van der Waals surface area (Å²) < 4.78 is 36.6. The second-order valence-electron chi connectivity index (χ2n) is 7.20. The molecule has 8 heteroatoms. The number of halogens is 2. The average molecular weight is 419 g/mol. The van der Waals surface area contributed by atoms with Crippen molar-refractivity contribution < 1.29 is 23.0 Å². The zero-order chi connectivity index (χ0) is 21.5. The number of methoxy groups -OCH3 is 1. The molecule has 0 bridgehead atoms. The summed E-state index contributed by atoms with van der Waals surface area (Å²) in [6, 6.07) is 14.7. The first kappa shape index (κ1) is 21.7. The Balaban J connectivity index is 1.81. The van der Waals surface area contributed by atoms with Crippen molar-refractivity contribution in [3.63, 3.8) is 0 Å². The lowest BCUT2D eigenvalue weighted by Gasteiger charge is -2.42. The van der Waals surface area contributed by atoms with Gasteiger partial charge in [-0.05, 0) is 24.1 Å². The number of amides is 2. The van der Waals surface area contributed by atoms with Crippen LogP contribution in [0.4, 0.5) is 19.3 Å². The van der Waals surface area contributed by atoms with E-state index >= 15 is 0 Å². The number of nitrogens with two attached hydrogens (primary N) is 1. The Morgan fingerprint density at radius 3 is 2.50 bits per heavy atom. The summed E-state index contributed by atoms with van der Waals surface area (Å²) in [5.41, 5.74) is 7.54. The van der Waals surface area contributed by atoms with Crippen molar-refractivity contribution in [1.29, 1.82) is 0 Å². The van der Waals surface area contributed by atoms with Crippen LogP contribution in [0.25, 0.3) is 0 Å². The third-order valence-electron chi connectivity index (χ3n) is 5.23. The largest absolute Gasteiger partial charge is 0.493 e. The number of alkyl halides is 2. The zero-order valence-electron chi connectivity index (χ0n) is 17.0. The lowest BCUT2D eigenvalue weighted by atomic mass is 10.0. The molecular weight excluding hydrogens is 392 g/mol. The van der Waals surface area contributed by atoms with Gasteiger partial charge in [0.15, 0.2) is 17.6 Å². The second-order valence-corrected chi connectivity index (χ2v) is 7.20. The number of piperazine rings is 1. The van der Waals surface area contributed by atoms with Crippen LogP contribution < -0.4 is 20.1 Å². The average Bonchev–Trinajstić information content (AvgIpc) is 2.77. The molecule has 0 spiro atoms. The van der Waals surface area contributed by atoms with Crippen LogP contribution in [0, 0.1) is 0 Å². The van der Waals surface area contributed by atoms with E-state index < -0.39 is 25.5 Å². The smallest absolute Gasteiger partial charge is 0.315 e. The summed E-state index contributed by atoms with van der Waals surface area (Å²) in [5, 5.41) is 0. The molecule has 2 aromatic carbocycles. The van der Waals surface area contributed by atoms with Crippen molar-refractivity contribution in [2.75, 3.05) is 45.0 Å². The van der Waals surface area contributed by atoms with Crippen LogP contribution >= 0.6 is 0 Å². The van der Waals surface area contributed by atoms with Gasteiger partial charge in [0.25, 0.3) is 0 Å². The van der Waals surface area contributed by atoms with Crippen molar-refractivity contribution in [2.24, 2.45) is 5.73 Å². The molecule has 1 aliphatic rings. The van der Waals surface area contributed by atoms with E-state index in [0.717, 1.165) is 11.3 Å². The maximum absolute atomic E-state index is 12.9. The fourth-order valence-electron chi connectivity index (χ4n) is 3.68. The highest BCUT2D eigenvalue weighted by Crippen LogP contribution is 2.33. The predicted octanol–water partition coefficient (Wildman–Crippen LogP) is 3.19. The number of benzene rings is 2. The minimum absolute atomic E-state index is 0.102. The number of nitrogens with zero attached hydrogens (tertiary/aromatic N) is 2. The molecule has 2 aromatic rings. The molecule has 162 valence electrons. The fraction of sp³-hybridized carbons (Fsp3) is 0.409. The van der Waals surface area contributed by atoms with E-state index in [1.54, 1.807) is 17.0 Å². The van der Waals surface area contributed by atoms with Gasteiger partial charge in [0, 0.05) is 31.4 Å². The fourth-order valence-corrected chi connectivity index (χ4v) is 3.68. The topological polar surface area (TPSA) is 68.0 Å². The summed E-state index contributed by atoms with van der Waals surface area (Å²) in [5.74, 6) is 0.689. The minimum atomic E-state index is -1.17. The van der Waals surface area contributed by atoms with Gasteiger partial charge in [-0.2, -0.15) is 0 Å². The normalized spacial score (nSPS) is 16.6. The molecule has 30 heavy (non-hydrogen) atoms. The Labute approximate surface area is 175 Å². The first-order chi connectivity index (χ1) is 14.5. The first-order valence-corrected chi connectivity index (χ1v) is 9.87. The lowest BCUT2D eigenvalue weighted by molar-refractivity contribution is 0.129. The van der Waals surface area contributed by atoms with Gasteiger partial charge in [-0.3, -0.25) is 0 Å². The van der Waals surface area contributed by atoms with Crippen molar-refractivity contribution in [3.05, 3.63) is 54.1 Å². The van der Waals surface area contributed by atoms with Gasteiger partial charge in [-0.15, -0.1) is 0 Å². The molecule has 3 rings (SSSR count). The molecule has 1 saturated heterocycles. The summed E-state index contributed by atoms with van der Waals surface area (Å²) in [7, 11) is 1.48. The summed E-state index contributed by atoms with van der Waals surface area (Å²) in [6.45, 7) is -0.234. The number of urea groups is 1. The van der Waals surface area contributed by atoms with Gasteiger partial charge in [0.05, 0.1) is 13.2 Å². The third-order valence-corrected chi connectivity index (χ3v) is 5.23. The van der Waals surface area contributed by atoms with Crippen molar-refractivity contribution >= 4 is 11.7 Å². The molecule has 0 aromatic heterocycles. The molecular formula is C22H27F2N3O3. The molecule has 6 nitrogen and oxygen atoms in total. The highest BCUT2D eigenvalue weighted by molar-refractivity contribution is 5.73. The van der Waals surface area contributed by atoms with Gasteiger partial charge in [0.1, 0.15) is 13.3 Å². The molecule has 1 aliphatic heterocycles.